The number of hydrogen-bond acceptors (Lipinski definition) is 4. The van der Waals surface area contributed by atoms with Crippen LogP contribution in [0, 0.1) is 5.92 Å². The number of ketones is 2. The maximum absolute atomic E-state index is 12.2. The fourth-order valence-electron chi connectivity index (χ4n) is 1.95. The summed E-state index contributed by atoms with van der Waals surface area (Å²) in [6.45, 7) is 0. The second-order valence-electron chi connectivity index (χ2n) is 4.50. The largest absolute Gasteiger partial charge is 0.495 e. The molecule has 1 aliphatic carbocycles. The molecule has 1 aliphatic rings. The first-order valence-corrected chi connectivity index (χ1v) is 7.65. The molecule has 1 saturated carbocycles. The lowest BCUT2D eigenvalue weighted by Gasteiger charge is -2.12. The van der Waals surface area contributed by atoms with E-state index in [0.29, 0.717) is 16.3 Å². The van der Waals surface area contributed by atoms with Gasteiger partial charge in [-0.05, 0) is 31.2 Å². The predicted molar refractivity (Wildman–Crippen MR) is 76.5 cm³/mol. The molecular formula is C14H15ClO3S. The van der Waals surface area contributed by atoms with Gasteiger partial charge in [-0.3, -0.25) is 9.59 Å². The lowest BCUT2D eigenvalue weighted by atomic mass is 10.0. The van der Waals surface area contributed by atoms with Gasteiger partial charge in [0.05, 0.1) is 29.0 Å². The fourth-order valence-corrected chi connectivity index (χ4v) is 2.98. The van der Waals surface area contributed by atoms with Crippen LogP contribution in [0.2, 0.25) is 5.02 Å². The summed E-state index contributed by atoms with van der Waals surface area (Å²) in [6.07, 6.45) is 3.66. The van der Waals surface area contributed by atoms with Crippen molar-refractivity contribution in [2.75, 3.05) is 13.4 Å². The number of halogens is 1. The highest BCUT2D eigenvalue weighted by Crippen LogP contribution is 2.38. The van der Waals surface area contributed by atoms with Gasteiger partial charge >= 0.3 is 0 Å². The van der Waals surface area contributed by atoms with E-state index in [1.807, 2.05) is 6.26 Å². The Bertz CT molecular complexity index is 524. The Morgan fingerprint density at radius 2 is 2.11 bits per heavy atom. The van der Waals surface area contributed by atoms with Crippen molar-refractivity contribution >= 4 is 34.9 Å². The summed E-state index contributed by atoms with van der Waals surface area (Å²) in [5.41, 5.74) is 0.435. The Morgan fingerprint density at radius 3 is 2.63 bits per heavy atom. The number of ether oxygens (including phenoxy) is 1. The molecular weight excluding hydrogens is 284 g/mol. The third-order valence-electron chi connectivity index (χ3n) is 3.14. The quantitative estimate of drug-likeness (QED) is 0.457. The molecule has 0 spiro atoms. The standard InChI is InChI=1S/C14H15ClO3S/c1-18-13-9(5-6-10(15)14(13)19-2)12(17)7-11(16)8-3-4-8/h5-6,8H,3-4,7H2,1-2H3. The number of Topliss-reactive ketones (excluding diaryl/α,β-unsaturated/α-hetero) is 2. The third kappa shape index (κ3) is 3.12. The molecule has 0 N–H and O–H groups in total. The first-order chi connectivity index (χ1) is 9.08. The van der Waals surface area contributed by atoms with E-state index in [4.69, 9.17) is 16.3 Å². The lowest BCUT2D eigenvalue weighted by molar-refractivity contribution is -0.119. The Kier molecular flexibility index (Phi) is 4.53. The maximum Gasteiger partial charge on any atom is 0.174 e. The molecule has 0 saturated heterocycles. The van der Waals surface area contributed by atoms with E-state index in [0.717, 1.165) is 17.7 Å². The molecule has 19 heavy (non-hydrogen) atoms. The van der Waals surface area contributed by atoms with E-state index in [2.05, 4.69) is 0 Å². The zero-order valence-electron chi connectivity index (χ0n) is 10.9. The molecule has 5 heteroatoms. The number of methoxy groups -OCH3 is 1. The van der Waals surface area contributed by atoms with Crippen molar-refractivity contribution in [2.45, 2.75) is 24.2 Å². The summed E-state index contributed by atoms with van der Waals surface area (Å²) in [4.78, 5) is 24.6. The zero-order valence-corrected chi connectivity index (χ0v) is 12.4. The Morgan fingerprint density at radius 1 is 1.42 bits per heavy atom. The highest BCUT2D eigenvalue weighted by atomic mass is 35.5. The van der Waals surface area contributed by atoms with Crippen LogP contribution in [0.15, 0.2) is 17.0 Å². The van der Waals surface area contributed by atoms with Crippen LogP contribution in [0.3, 0.4) is 0 Å². The first kappa shape index (κ1) is 14.4. The zero-order chi connectivity index (χ0) is 14.0. The fraction of sp³-hybridized carbons (Fsp3) is 0.429. The van der Waals surface area contributed by atoms with Gasteiger partial charge in [0.25, 0.3) is 0 Å². The molecule has 1 aromatic rings. The number of hydrogen-bond donors (Lipinski definition) is 0. The number of carbonyl (C=O) groups excluding carboxylic acids is 2. The molecule has 0 unspecified atom stereocenters. The summed E-state index contributed by atoms with van der Waals surface area (Å²) >= 11 is 7.49. The monoisotopic (exact) mass is 298 g/mol. The second-order valence-corrected chi connectivity index (χ2v) is 5.73. The second kappa shape index (κ2) is 5.97. The number of thioether (sulfide) groups is 1. The van der Waals surface area contributed by atoms with Crippen molar-refractivity contribution < 1.29 is 14.3 Å². The SMILES string of the molecule is COc1c(C(=O)CC(=O)C2CC2)ccc(Cl)c1SC. The molecule has 2 rings (SSSR count). The average molecular weight is 299 g/mol. The van der Waals surface area contributed by atoms with Crippen molar-refractivity contribution in [3.05, 3.63) is 22.7 Å². The highest BCUT2D eigenvalue weighted by Gasteiger charge is 2.31. The van der Waals surface area contributed by atoms with E-state index in [1.165, 1.54) is 18.9 Å². The summed E-state index contributed by atoms with van der Waals surface area (Å²) in [7, 11) is 1.50. The maximum atomic E-state index is 12.2. The Balaban J connectivity index is 2.27. The topological polar surface area (TPSA) is 43.4 Å². The van der Waals surface area contributed by atoms with Gasteiger partial charge in [-0.1, -0.05) is 11.6 Å². The molecule has 0 amide bonds. The molecule has 0 bridgehead atoms. The number of carbonyl (C=O) groups is 2. The predicted octanol–water partition coefficient (Wildman–Crippen LogP) is 3.62. The van der Waals surface area contributed by atoms with E-state index >= 15 is 0 Å². The molecule has 0 radical (unpaired) electrons. The average Bonchev–Trinajstić information content (AvgIpc) is 3.22. The van der Waals surface area contributed by atoms with Crippen LogP contribution in [0.5, 0.6) is 5.75 Å². The van der Waals surface area contributed by atoms with Crippen molar-refractivity contribution in [3.63, 3.8) is 0 Å². The van der Waals surface area contributed by atoms with Gasteiger partial charge in [0, 0.05) is 5.92 Å². The molecule has 0 aliphatic heterocycles. The van der Waals surface area contributed by atoms with Gasteiger partial charge in [-0.2, -0.15) is 0 Å². The molecule has 3 nitrogen and oxygen atoms in total. The van der Waals surface area contributed by atoms with Crippen molar-refractivity contribution in [2.24, 2.45) is 5.92 Å². The molecule has 0 heterocycles. The summed E-state index contributed by atoms with van der Waals surface area (Å²) in [5, 5.41) is 0.550. The van der Waals surface area contributed by atoms with Gasteiger partial charge in [0.2, 0.25) is 0 Å². The van der Waals surface area contributed by atoms with Gasteiger partial charge < -0.3 is 4.74 Å². The van der Waals surface area contributed by atoms with Crippen LogP contribution in [0.4, 0.5) is 0 Å². The van der Waals surface area contributed by atoms with Crippen LogP contribution >= 0.6 is 23.4 Å². The molecule has 0 atom stereocenters. The number of rotatable bonds is 6. The van der Waals surface area contributed by atoms with Crippen LogP contribution < -0.4 is 4.74 Å². The van der Waals surface area contributed by atoms with Crippen LogP contribution in [0.1, 0.15) is 29.6 Å². The third-order valence-corrected chi connectivity index (χ3v) is 4.38. The summed E-state index contributed by atoms with van der Waals surface area (Å²) < 4.78 is 5.29. The Hall–Kier alpha value is -1.000. The Labute approximate surface area is 121 Å². The first-order valence-electron chi connectivity index (χ1n) is 6.04. The minimum Gasteiger partial charge on any atom is -0.495 e. The van der Waals surface area contributed by atoms with E-state index < -0.39 is 0 Å². The minimum atomic E-state index is -0.194. The highest BCUT2D eigenvalue weighted by molar-refractivity contribution is 7.98. The molecule has 102 valence electrons. The normalized spacial score (nSPS) is 14.3. The van der Waals surface area contributed by atoms with Crippen molar-refractivity contribution in [3.8, 4) is 5.75 Å². The van der Waals surface area contributed by atoms with Crippen LogP contribution in [-0.2, 0) is 4.79 Å². The molecule has 1 aromatic carbocycles. The minimum absolute atomic E-state index is 0.0349. The van der Waals surface area contributed by atoms with Crippen LogP contribution in [-0.4, -0.2) is 24.9 Å². The van der Waals surface area contributed by atoms with Crippen LogP contribution in [0.25, 0.3) is 0 Å². The smallest absolute Gasteiger partial charge is 0.174 e. The summed E-state index contributed by atoms with van der Waals surface area (Å²) in [6, 6.07) is 3.30. The van der Waals surface area contributed by atoms with E-state index in [-0.39, 0.29) is 23.9 Å². The van der Waals surface area contributed by atoms with Gasteiger partial charge in [-0.25, -0.2) is 0 Å². The van der Waals surface area contributed by atoms with E-state index in [9.17, 15) is 9.59 Å². The van der Waals surface area contributed by atoms with Gasteiger partial charge in [0.15, 0.2) is 5.78 Å². The van der Waals surface area contributed by atoms with Crippen molar-refractivity contribution in [1.82, 2.24) is 0 Å². The number of benzene rings is 1. The van der Waals surface area contributed by atoms with Gasteiger partial charge in [0.1, 0.15) is 11.5 Å². The summed E-state index contributed by atoms with van der Waals surface area (Å²) in [5.74, 6) is 0.407. The van der Waals surface area contributed by atoms with E-state index in [1.54, 1.807) is 12.1 Å². The lowest BCUT2D eigenvalue weighted by Crippen LogP contribution is -2.11. The molecule has 1 fully saturated rings. The van der Waals surface area contributed by atoms with Crippen molar-refractivity contribution in [1.29, 1.82) is 0 Å². The van der Waals surface area contributed by atoms with Gasteiger partial charge in [-0.15, -0.1) is 11.8 Å². The molecule has 0 aromatic heterocycles.